The van der Waals surface area contributed by atoms with E-state index in [9.17, 15) is 4.79 Å². The molecular formula is C13H17N3OS. The number of unbranched alkanes of at least 4 members (excludes halogenated alkanes) is 1. The number of amides is 1. The fourth-order valence-electron chi connectivity index (χ4n) is 1.73. The highest BCUT2D eigenvalue weighted by Gasteiger charge is 2.03. The van der Waals surface area contributed by atoms with Crippen molar-refractivity contribution >= 4 is 32.6 Å². The topological polar surface area (TPSA) is 68.0 Å². The van der Waals surface area contributed by atoms with Gasteiger partial charge in [-0.2, -0.15) is 0 Å². The van der Waals surface area contributed by atoms with Gasteiger partial charge in [0.1, 0.15) is 0 Å². The van der Waals surface area contributed by atoms with Crippen molar-refractivity contribution in [1.82, 2.24) is 4.98 Å². The number of rotatable bonds is 6. The summed E-state index contributed by atoms with van der Waals surface area (Å²) in [4.78, 5) is 15.1. The van der Waals surface area contributed by atoms with E-state index < -0.39 is 0 Å². The first-order valence-corrected chi connectivity index (χ1v) is 6.86. The fraction of sp³-hybridized carbons (Fsp3) is 0.385. The highest BCUT2D eigenvalue weighted by molar-refractivity contribution is 7.22. The second-order valence-corrected chi connectivity index (χ2v) is 5.37. The van der Waals surface area contributed by atoms with Crippen LogP contribution in [0.15, 0.2) is 18.2 Å². The van der Waals surface area contributed by atoms with E-state index in [1.165, 1.54) is 10.3 Å². The Morgan fingerprint density at radius 1 is 1.44 bits per heavy atom. The molecule has 96 valence electrons. The number of carbonyl (C=O) groups is 1. The van der Waals surface area contributed by atoms with Gasteiger partial charge in [0, 0.05) is 13.0 Å². The molecule has 0 radical (unpaired) electrons. The van der Waals surface area contributed by atoms with Gasteiger partial charge in [0.05, 0.1) is 10.2 Å². The summed E-state index contributed by atoms with van der Waals surface area (Å²) in [6.07, 6.45) is 2.21. The molecule has 2 rings (SSSR count). The van der Waals surface area contributed by atoms with E-state index in [2.05, 4.69) is 29.4 Å². The molecule has 0 saturated heterocycles. The molecule has 4 nitrogen and oxygen atoms in total. The van der Waals surface area contributed by atoms with E-state index in [1.54, 1.807) is 11.3 Å². The highest BCUT2D eigenvalue weighted by Crippen LogP contribution is 2.26. The molecule has 2 aromatic rings. The molecular weight excluding hydrogens is 246 g/mol. The van der Waals surface area contributed by atoms with Crippen molar-refractivity contribution in [1.29, 1.82) is 0 Å². The minimum Gasteiger partial charge on any atom is -0.370 e. The first-order valence-electron chi connectivity index (χ1n) is 6.04. The summed E-state index contributed by atoms with van der Waals surface area (Å²) in [5, 5.41) is 4.22. The van der Waals surface area contributed by atoms with E-state index >= 15 is 0 Å². The minimum absolute atomic E-state index is 0.231. The molecule has 0 atom stereocenters. The van der Waals surface area contributed by atoms with Crippen LogP contribution in [0.3, 0.4) is 0 Å². The van der Waals surface area contributed by atoms with Gasteiger partial charge in [-0.15, -0.1) is 0 Å². The molecule has 0 spiro atoms. The van der Waals surface area contributed by atoms with Gasteiger partial charge in [-0.05, 0) is 37.5 Å². The summed E-state index contributed by atoms with van der Waals surface area (Å²) in [5.74, 6) is -0.231. The summed E-state index contributed by atoms with van der Waals surface area (Å²) >= 11 is 1.66. The van der Waals surface area contributed by atoms with E-state index in [0.29, 0.717) is 6.42 Å². The number of nitrogens with zero attached hydrogens (tertiary/aromatic N) is 1. The Balaban J connectivity index is 1.86. The number of aryl methyl sites for hydroxylation is 1. The number of hydrogen-bond acceptors (Lipinski definition) is 4. The number of thiazole rings is 1. The quantitative estimate of drug-likeness (QED) is 0.787. The van der Waals surface area contributed by atoms with Crippen LogP contribution in [0.2, 0.25) is 0 Å². The van der Waals surface area contributed by atoms with Crippen LogP contribution in [0.1, 0.15) is 24.8 Å². The number of aromatic nitrogens is 1. The van der Waals surface area contributed by atoms with Crippen molar-refractivity contribution in [3.63, 3.8) is 0 Å². The minimum atomic E-state index is -0.231. The number of anilines is 1. The Hall–Kier alpha value is -1.62. The smallest absolute Gasteiger partial charge is 0.217 e. The Labute approximate surface area is 110 Å². The lowest BCUT2D eigenvalue weighted by atomic mass is 10.2. The van der Waals surface area contributed by atoms with Crippen LogP contribution in [-0.2, 0) is 4.79 Å². The van der Waals surface area contributed by atoms with E-state index in [-0.39, 0.29) is 5.91 Å². The molecule has 1 aromatic heterocycles. The van der Waals surface area contributed by atoms with E-state index in [1.807, 2.05) is 6.07 Å². The summed E-state index contributed by atoms with van der Waals surface area (Å²) in [6.45, 7) is 2.90. The number of hydrogen-bond donors (Lipinski definition) is 2. The monoisotopic (exact) mass is 263 g/mol. The van der Waals surface area contributed by atoms with E-state index in [4.69, 9.17) is 5.73 Å². The van der Waals surface area contributed by atoms with Gasteiger partial charge in [-0.3, -0.25) is 4.79 Å². The molecule has 0 unspecified atom stereocenters. The van der Waals surface area contributed by atoms with Gasteiger partial charge in [0.2, 0.25) is 5.91 Å². The molecule has 0 fully saturated rings. The zero-order valence-corrected chi connectivity index (χ0v) is 11.2. The zero-order chi connectivity index (χ0) is 13.0. The van der Waals surface area contributed by atoms with Crippen LogP contribution in [0.5, 0.6) is 0 Å². The van der Waals surface area contributed by atoms with Gasteiger partial charge in [-0.1, -0.05) is 17.4 Å². The van der Waals surface area contributed by atoms with Gasteiger partial charge in [0.15, 0.2) is 5.13 Å². The van der Waals surface area contributed by atoms with Crippen molar-refractivity contribution in [2.45, 2.75) is 26.2 Å². The van der Waals surface area contributed by atoms with Gasteiger partial charge in [-0.25, -0.2) is 4.98 Å². The molecule has 3 N–H and O–H groups in total. The van der Waals surface area contributed by atoms with Crippen LogP contribution in [0.4, 0.5) is 5.13 Å². The number of carbonyl (C=O) groups excluding carboxylic acids is 1. The third kappa shape index (κ3) is 3.43. The van der Waals surface area contributed by atoms with Gasteiger partial charge >= 0.3 is 0 Å². The fourth-order valence-corrected chi connectivity index (χ4v) is 2.72. The lowest BCUT2D eigenvalue weighted by Gasteiger charge is -2.00. The first-order chi connectivity index (χ1) is 8.65. The molecule has 1 amide bonds. The summed E-state index contributed by atoms with van der Waals surface area (Å²) in [6, 6.07) is 6.25. The molecule has 0 saturated carbocycles. The molecule has 0 bridgehead atoms. The second-order valence-electron chi connectivity index (χ2n) is 4.34. The third-order valence-corrected chi connectivity index (χ3v) is 3.65. The van der Waals surface area contributed by atoms with Gasteiger partial charge in [0.25, 0.3) is 0 Å². The Bertz CT molecular complexity index is 550. The van der Waals surface area contributed by atoms with Crippen LogP contribution in [0.25, 0.3) is 10.2 Å². The highest BCUT2D eigenvalue weighted by atomic mass is 32.1. The summed E-state index contributed by atoms with van der Waals surface area (Å²) < 4.78 is 1.20. The zero-order valence-electron chi connectivity index (χ0n) is 10.4. The standard InChI is InChI=1S/C13H17N3OS/c1-9-5-6-10-11(8-9)18-13(16-10)15-7-3-2-4-12(14)17/h5-6,8H,2-4,7H2,1H3,(H2,14,17)(H,15,16). The lowest BCUT2D eigenvalue weighted by Crippen LogP contribution is -2.10. The van der Waals surface area contributed by atoms with Crippen LogP contribution >= 0.6 is 11.3 Å². The Morgan fingerprint density at radius 2 is 2.28 bits per heavy atom. The molecule has 18 heavy (non-hydrogen) atoms. The molecule has 5 heteroatoms. The number of benzene rings is 1. The van der Waals surface area contributed by atoms with Crippen molar-refractivity contribution in [2.75, 3.05) is 11.9 Å². The molecule has 1 heterocycles. The maximum absolute atomic E-state index is 10.6. The van der Waals surface area contributed by atoms with Crippen LogP contribution in [-0.4, -0.2) is 17.4 Å². The summed E-state index contributed by atoms with van der Waals surface area (Å²) in [5.41, 5.74) is 7.36. The van der Waals surface area contributed by atoms with Crippen molar-refractivity contribution in [3.8, 4) is 0 Å². The maximum Gasteiger partial charge on any atom is 0.217 e. The largest absolute Gasteiger partial charge is 0.370 e. The average molecular weight is 263 g/mol. The lowest BCUT2D eigenvalue weighted by molar-refractivity contribution is -0.118. The van der Waals surface area contributed by atoms with Crippen LogP contribution < -0.4 is 11.1 Å². The van der Waals surface area contributed by atoms with Crippen LogP contribution in [0, 0.1) is 6.92 Å². The predicted octanol–water partition coefficient (Wildman–Crippen LogP) is 2.67. The van der Waals surface area contributed by atoms with Crippen molar-refractivity contribution < 1.29 is 4.79 Å². The van der Waals surface area contributed by atoms with Crippen molar-refractivity contribution in [2.24, 2.45) is 5.73 Å². The molecule has 0 aliphatic rings. The summed E-state index contributed by atoms with van der Waals surface area (Å²) in [7, 11) is 0. The SMILES string of the molecule is Cc1ccc2nc(NCCCCC(N)=O)sc2c1. The molecule has 0 aliphatic carbocycles. The number of primary amides is 1. The van der Waals surface area contributed by atoms with E-state index in [0.717, 1.165) is 30.0 Å². The first kappa shape index (κ1) is 12.8. The predicted molar refractivity (Wildman–Crippen MR) is 75.9 cm³/mol. The van der Waals surface area contributed by atoms with Gasteiger partial charge < -0.3 is 11.1 Å². The second kappa shape index (κ2) is 5.82. The average Bonchev–Trinajstić information content (AvgIpc) is 2.70. The number of nitrogens with two attached hydrogens (primary N) is 1. The normalized spacial score (nSPS) is 10.7. The number of fused-ring (bicyclic) bond motifs is 1. The maximum atomic E-state index is 10.6. The molecule has 1 aromatic carbocycles. The molecule has 0 aliphatic heterocycles. The Kier molecular flexibility index (Phi) is 4.15. The number of nitrogens with one attached hydrogen (secondary N) is 1. The third-order valence-electron chi connectivity index (χ3n) is 2.67. The Morgan fingerprint density at radius 3 is 3.06 bits per heavy atom. The van der Waals surface area contributed by atoms with Crippen molar-refractivity contribution in [3.05, 3.63) is 23.8 Å².